The fourth-order valence-corrected chi connectivity index (χ4v) is 1.73. The molecule has 0 radical (unpaired) electrons. The van der Waals surface area contributed by atoms with Gasteiger partial charge in [0.1, 0.15) is 11.5 Å². The third-order valence-electron chi connectivity index (χ3n) is 2.80. The zero-order chi connectivity index (χ0) is 14.0. The van der Waals surface area contributed by atoms with Gasteiger partial charge in [0.15, 0.2) is 0 Å². The Bertz CT molecular complexity index is 543. The Hall–Kier alpha value is -2.47. The predicted octanol–water partition coefficient (Wildman–Crippen LogP) is 3.80. The summed E-state index contributed by atoms with van der Waals surface area (Å²) in [7, 11) is 0. The molecule has 0 fully saturated rings. The molecule has 0 aliphatic heterocycles. The largest absolute Gasteiger partial charge is 0.494 e. The van der Waals surface area contributed by atoms with Crippen molar-refractivity contribution in [2.75, 3.05) is 13.2 Å². The lowest BCUT2D eigenvalue weighted by Gasteiger charge is -2.07. The van der Waals surface area contributed by atoms with Crippen LogP contribution in [0.3, 0.4) is 0 Å². The van der Waals surface area contributed by atoms with Crippen LogP contribution in [0.25, 0.3) is 0 Å². The average Bonchev–Trinajstić information content (AvgIpc) is 2.52. The van der Waals surface area contributed by atoms with Crippen molar-refractivity contribution in [2.24, 2.45) is 0 Å². The van der Waals surface area contributed by atoms with Crippen molar-refractivity contribution in [3.63, 3.8) is 0 Å². The van der Waals surface area contributed by atoms with Crippen molar-refractivity contribution < 1.29 is 9.47 Å². The molecule has 0 heterocycles. The molecule has 0 aliphatic carbocycles. The highest BCUT2D eigenvalue weighted by Crippen LogP contribution is 2.12. The highest BCUT2D eigenvalue weighted by Gasteiger charge is 1.96. The van der Waals surface area contributed by atoms with Crippen molar-refractivity contribution in [3.05, 3.63) is 60.2 Å². The summed E-state index contributed by atoms with van der Waals surface area (Å²) >= 11 is 0. The van der Waals surface area contributed by atoms with Crippen molar-refractivity contribution in [1.29, 1.82) is 5.26 Å². The maximum absolute atomic E-state index is 8.69. The molecule has 0 saturated carbocycles. The van der Waals surface area contributed by atoms with Crippen molar-refractivity contribution in [2.45, 2.75) is 12.8 Å². The summed E-state index contributed by atoms with van der Waals surface area (Å²) in [5, 5.41) is 8.69. The van der Waals surface area contributed by atoms with Crippen LogP contribution in [0.1, 0.15) is 18.4 Å². The molecule has 0 saturated heterocycles. The van der Waals surface area contributed by atoms with Crippen LogP contribution >= 0.6 is 0 Å². The summed E-state index contributed by atoms with van der Waals surface area (Å²) < 4.78 is 11.2. The SMILES string of the molecule is N#Cc1ccc(OCCCCOc2ccccc2)cc1. The third kappa shape index (κ3) is 4.66. The smallest absolute Gasteiger partial charge is 0.119 e. The van der Waals surface area contributed by atoms with Gasteiger partial charge in [-0.25, -0.2) is 0 Å². The van der Waals surface area contributed by atoms with E-state index in [4.69, 9.17) is 14.7 Å². The van der Waals surface area contributed by atoms with Crippen LogP contribution in [0.4, 0.5) is 0 Å². The topological polar surface area (TPSA) is 42.2 Å². The molecule has 0 atom stereocenters. The molecule has 20 heavy (non-hydrogen) atoms. The molecule has 0 aromatic heterocycles. The van der Waals surface area contributed by atoms with Crippen LogP contribution in [0.5, 0.6) is 11.5 Å². The minimum atomic E-state index is 0.647. The van der Waals surface area contributed by atoms with Crippen molar-refractivity contribution in [1.82, 2.24) is 0 Å². The average molecular weight is 267 g/mol. The first-order chi connectivity index (χ1) is 9.88. The number of rotatable bonds is 7. The molecule has 0 aliphatic rings. The molecule has 0 unspecified atom stereocenters. The van der Waals surface area contributed by atoms with Crippen LogP contribution in [0.2, 0.25) is 0 Å². The van der Waals surface area contributed by atoms with Gasteiger partial charge in [-0.3, -0.25) is 0 Å². The van der Waals surface area contributed by atoms with Crippen LogP contribution in [-0.2, 0) is 0 Å². The summed E-state index contributed by atoms with van der Waals surface area (Å²) in [5.74, 6) is 1.70. The Morgan fingerprint density at radius 1 is 0.750 bits per heavy atom. The number of unbranched alkanes of at least 4 members (excludes halogenated alkanes) is 1. The van der Waals surface area contributed by atoms with Crippen molar-refractivity contribution in [3.8, 4) is 17.6 Å². The van der Waals surface area contributed by atoms with E-state index in [1.165, 1.54) is 0 Å². The monoisotopic (exact) mass is 267 g/mol. The molecule has 3 nitrogen and oxygen atoms in total. The fourth-order valence-electron chi connectivity index (χ4n) is 1.73. The van der Waals surface area contributed by atoms with Crippen LogP contribution in [0, 0.1) is 11.3 Å². The van der Waals surface area contributed by atoms with E-state index in [1.54, 1.807) is 12.1 Å². The van der Waals surface area contributed by atoms with Gasteiger partial charge >= 0.3 is 0 Å². The van der Waals surface area contributed by atoms with Crippen LogP contribution < -0.4 is 9.47 Å². The van der Waals surface area contributed by atoms with E-state index in [-0.39, 0.29) is 0 Å². The van der Waals surface area contributed by atoms with E-state index in [0.29, 0.717) is 18.8 Å². The second kappa shape index (κ2) is 7.85. The van der Waals surface area contributed by atoms with Gasteiger partial charge < -0.3 is 9.47 Å². The number of ether oxygens (including phenoxy) is 2. The summed E-state index contributed by atoms with van der Waals surface area (Å²) in [6, 6.07) is 19.0. The first kappa shape index (κ1) is 14.0. The second-order valence-electron chi connectivity index (χ2n) is 4.35. The van der Waals surface area contributed by atoms with Crippen LogP contribution in [-0.4, -0.2) is 13.2 Å². The zero-order valence-corrected chi connectivity index (χ0v) is 11.3. The fraction of sp³-hybridized carbons (Fsp3) is 0.235. The summed E-state index contributed by atoms with van der Waals surface area (Å²) in [4.78, 5) is 0. The number of benzene rings is 2. The molecule has 2 rings (SSSR count). The lowest BCUT2D eigenvalue weighted by molar-refractivity contribution is 0.266. The van der Waals surface area contributed by atoms with Gasteiger partial charge in [-0.1, -0.05) is 18.2 Å². The van der Waals surface area contributed by atoms with Gasteiger partial charge in [-0.05, 0) is 49.2 Å². The first-order valence-corrected chi connectivity index (χ1v) is 6.69. The van der Waals surface area contributed by atoms with Gasteiger partial charge in [0.05, 0.1) is 24.8 Å². The molecular formula is C17H17NO2. The standard InChI is InChI=1S/C17H17NO2/c18-14-15-8-10-17(11-9-15)20-13-5-4-12-19-16-6-2-1-3-7-16/h1-3,6-11H,4-5,12-13H2. The third-order valence-corrected chi connectivity index (χ3v) is 2.80. The lowest BCUT2D eigenvalue weighted by atomic mass is 10.2. The van der Waals surface area contributed by atoms with Gasteiger partial charge in [0.25, 0.3) is 0 Å². The van der Waals surface area contributed by atoms with Gasteiger partial charge in [0.2, 0.25) is 0 Å². The number of nitrogens with zero attached hydrogens (tertiary/aromatic N) is 1. The van der Waals surface area contributed by atoms with Gasteiger partial charge in [-0.15, -0.1) is 0 Å². The summed E-state index contributed by atoms with van der Waals surface area (Å²) in [5.41, 5.74) is 0.647. The molecule has 0 amide bonds. The van der Waals surface area contributed by atoms with Gasteiger partial charge in [0, 0.05) is 0 Å². The molecule has 3 heteroatoms. The maximum atomic E-state index is 8.69. The first-order valence-electron chi connectivity index (χ1n) is 6.69. The second-order valence-corrected chi connectivity index (χ2v) is 4.35. The van der Waals surface area contributed by atoms with Gasteiger partial charge in [-0.2, -0.15) is 5.26 Å². The van der Waals surface area contributed by atoms with Crippen molar-refractivity contribution >= 4 is 0 Å². The summed E-state index contributed by atoms with van der Waals surface area (Å²) in [6.45, 7) is 1.35. The molecule has 2 aromatic carbocycles. The predicted molar refractivity (Wildman–Crippen MR) is 77.8 cm³/mol. The number of hydrogen-bond donors (Lipinski definition) is 0. The minimum absolute atomic E-state index is 0.647. The minimum Gasteiger partial charge on any atom is -0.494 e. The Labute approximate surface area is 119 Å². The molecular weight excluding hydrogens is 250 g/mol. The number of hydrogen-bond acceptors (Lipinski definition) is 3. The Morgan fingerprint density at radius 2 is 1.30 bits per heavy atom. The van der Waals surface area contributed by atoms with E-state index in [0.717, 1.165) is 24.3 Å². The highest BCUT2D eigenvalue weighted by atomic mass is 16.5. The Balaban J connectivity index is 1.58. The Kier molecular flexibility index (Phi) is 5.48. The van der Waals surface area contributed by atoms with E-state index >= 15 is 0 Å². The number of nitriles is 1. The van der Waals surface area contributed by atoms with E-state index in [2.05, 4.69) is 6.07 Å². The summed E-state index contributed by atoms with van der Waals surface area (Å²) in [6.07, 6.45) is 1.89. The normalized spacial score (nSPS) is 9.75. The molecule has 102 valence electrons. The molecule has 0 bridgehead atoms. The van der Waals surface area contributed by atoms with E-state index in [9.17, 15) is 0 Å². The zero-order valence-electron chi connectivity index (χ0n) is 11.3. The molecule has 0 spiro atoms. The highest BCUT2D eigenvalue weighted by molar-refractivity contribution is 5.34. The van der Waals surface area contributed by atoms with E-state index < -0.39 is 0 Å². The maximum Gasteiger partial charge on any atom is 0.119 e. The Morgan fingerprint density at radius 3 is 1.85 bits per heavy atom. The quantitative estimate of drug-likeness (QED) is 0.717. The molecule has 0 N–H and O–H groups in total. The lowest BCUT2D eigenvalue weighted by Crippen LogP contribution is -2.02. The molecule has 2 aromatic rings. The number of para-hydroxylation sites is 1. The van der Waals surface area contributed by atoms with Crippen LogP contribution in [0.15, 0.2) is 54.6 Å². The van der Waals surface area contributed by atoms with E-state index in [1.807, 2.05) is 42.5 Å².